The number of amides is 1. The van der Waals surface area contributed by atoms with Crippen LogP contribution in [0.2, 0.25) is 0 Å². The minimum absolute atomic E-state index is 0.0776. The molecule has 1 atom stereocenters. The Morgan fingerprint density at radius 2 is 2.30 bits per heavy atom. The first-order chi connectivity index (χ1) is 9.65. The van der Waals surface area contributed by atoms with Crippen molar-refractivity contribution in [1.82, 2.24) is 14.3 Å². The Morgan fingerprint density at radius 3 is 3.05 bits per heavy atom. The van der Waals surface area contributed by atoms with Crippen LogP contribution in [0.5, 0.6) is 0 Å². The molecule has 1 fully saturated rings. The molecule has 2 aromatic rings. The number of carboxylic acids is 1. The van der Waals surface area contributed by atoms with Gasteiger partial charge in [0.2, 0.25) is 5.91 Å². The highest BCUT2D eigenvalue weighted by atomic mass is 16.4. The maximum absolute atomic E-state index is 11.8. The zero-order valence-corrected chi connectivity index (χ0v) is 10.9. The van der Waals surface area contributed by atoms with Crippen LogP contribution in [0.15, 0.2) is 30.6 Å². The fourth-order valence-corrected chi connectivity index (χ4v) is 2.57. The van der Waals surface area contributed by atoms with Gasteiger partial charge in [0.25, 0.3) is 0 Å². The molecule has 20 heavy (non-hydrogen) atoms. The number of fused-ring (bicyclic) bond motifs is 1. The van der Waals surface area contributed by atoms with Crippen molar-refractivity contribution < 1.29 is 14.7 Å². The highest BCUT2D eigenvalue weighted by Crippen LogP contribution is 2.18. The van der Waals surface area contributed by atoms with Gasteiger partial charge < -0.3 is 14.4 Å². The minimum atomic E-state index is -0.893. The van der Waals surface area contributed by atoms with Gasteiger partial charge in [-0.25, -0.2) is 4.98 Å². The van der Waals surface area contributed by atoms with Crippen molar-refractivity contribution in [2.45, 2.75) is 12.8 Å². The lowest BCUT2D eigenvalue weighted by Gasteiger charge is -2.15. The summed E-state index contributed by atoms with van der Waals surface area (Å²) < 4.78 is 1.98. The minimum Gasteiger partial charge on any atom is -0.481 e. The van der Waals surface area contributed by atoms with E-state index in [1.807, 2.05) is 28.8 Å². The van der Waals surface area contributed by atoms with Crippen LogP contribution >= 0.6 is 0 Å². The van der Waals surface area contributed by atoms with Gasteiger partial charge in [-0.15, -0.1) is 0 Å². The molecule has 1 aliphatic heterocycles. The number of nitrogens with zero attached hydrogens (tertiary/aromatic N) is 3. The SMILES string of the molecule is O=C(O)C1CC(=O)N(CCc2cnc3ccccn23)C1. The van der Waals surface area contributed by atoms with Gasteiger partial charge in [0, 0.05) is 44.0 Å². The lowest BCUT2D eigenvalue weighted by Crippen LogP contribution is -2.28. The summed E-state index contributed by atoms with van der Waals surface area (Å²) in [6.45, 7) is 0.843. The molecule has 0 aliphatic carbocycles. The average molecular weight is 273 g/mol. The van der Waals surface area contributed by atoms with Crippen LogP contribution in [0.3, 0.4) is 0 Å². The summed E-state index contributed by atoms with van der Waals surface area (Å²) in [5.41, 5.74) is 1.89. The van der Waals surface area contributed by atoms with E-state index in [4.69, 9.17) is 5.11 Å². The molecule has 6 heteroatoms. The molecule has 1 aliphatic rings. The lowest BCUT2D eigenvalue weighted by molar-refractivity contribution is -0.141. The van der Waals surface area contributed by atoms with E-state index in [-0.39, 0.29) is 12.3 Å². The number of carbonyl (C=O) groups is 2. The quantitative estimate of drug-likeness (QED) is 0.894. The van der Waals surface area contributed by atoms with Crippen molar-refractivity contribution in [3.8, 4) is 0 Å². The maximum atomic E-state index is 11.8. The van der Waals surface area contributed by atoms with Gasteiger partial charge in [-0.2, -0.15) is 0 Å². The van der Waals surface area contributed by atoms with E-state index >= 15 is 0 Å². The molecule has 0 saturated carbocycles. The molecular formula is C14H15N3O3. The first-order valence-corrected chi connectivity index (χ1v) is 6.56. The number of carbonyl (C=O) groups excluding carboxylic acids is 1. The van der Waals surface area contributed by atoms with Crippen LogP contribution < -0.4 is 0 Å². The number of rotatable bonds is 4. The van der Waals surface area contributed by atoms with Crippen LogP contribution in [-0.4, -0.2) is 44.4 Å². The van der Waals surface area contributed by atoms with Gasteiger partial charge in [0.05, 0.1) is 5.92 Å². The predicted octanol–water partition coefficient (Wildman–Crippen LogP) is 0.810. The average Bonchev–Trinajstić information content (AvgIpc) is 3.00. The molecule has 0 radical (unpaired) electrons. The van der Waals surface area contributed by atoms with Crippen molar-refractivity contribution in [1.29, 1.82) is 0 Å². The fourth-order valence-electron chi connectivity index (χ4n) is 2.57. The zero-order valence-electron chi connectivity index (χ0n) is 10.9. The number of hydrogen-bond donors (Lipinski definition) is 1. The second-order valence-corrected chi connectivity index (χ2v) is 5.01. The van der Waals surface area contributed by atoms with E-state index in [1.165, 1.54) is 0 Å². The molecule has 6 nitrogen and oxygen atoms in total. The Balaban J connectivity index is 1.68. The van der Waals surface area contributed by atoms with Crippen LogP contribution in [0.1, 0.15) is 12.1 Å². The Hall–Kier alpha value is -2.37. The third-order valence-corrected chi connectivity index (χ3v) is 3.70. The second kappa shape index (κ2) is 4.96. The van der Waals surface area contributed by atoms with Crippen LogP contribution in [0.25, 0.3) is 5.65 Å². The number of hydrogen-bond acceptors (Lipinski definition) is 3. The molecule has 0 bridgehead atoms. The third kappa shape index (κ3) is 2.24. The molecule has 1 amide bonds. The van der Waals surface area contributed by atoms with Crippen molar-refractivity contribution in [3.63, 3.8) is 0 Å². The molecule has 0 spiro atoms. The van der Waals surface area contributed by atoms with Gasteiger partial charge >= 0.3 is 5.97 Å². The van der Waals surface area contributed by atoms with Crippen molar-refractivity contribution in [2.24, 2.45) is 5.92 Å². The molecule has 1 saturated heterocycles. The number of likely N-dealkylation sites (tertiary alicyclic amines) is 1. The highest BCUT2D eigenvalue weighted by molar-refractivity contribution is 5.86. The first kappa shape index (κ1) is 12.7. The molecule has 0 aromatic carbocycles. The van der Waals surface area contributed by atoms with Gasteiger partial charge in [-0.1, -0.05) is 6.07 Å². The van der Waals surface area contributed by atoms with E-state index in [1.54, 1.807) is 11.1 Å². The standard InChI is InChI=1S/C14H15N3O3/c18-13-7-10(14(19)20)9-16(13)6-4-11-8-15-12-3-1-2-5-17(11)12/h1-3,5,8,10H,4,6-7,9H2,(H,19,20). The highest BCUT2D eigenvalue weighted by Gasteiger charge is 2.33. The number of pyridine rings is 1. The number of imidazole rings is 1. The van der Waals surface area contributed by atoms with E-state index in [9.17, 15) is 9.59 Å². The van der Waals surface area contributed by atoms with E-state index < -0.39 is 11.9 Å². The molecule has 2 aromatic heterocycles. The van der Waals surface area contributed by atoms with E-state index in [0.29, 0.717) is 19.5 Å². The predicted molar refractivity (Wildman–Crippen MR) is 71.2 cm³/mol. The second-order valence-electron chi connectivity index (χ2n) is 5.01. The summed E-state index contributed by atoms with van der Waals surface area (Å²) >= 11 is 0. The van der Waals surface area contributed by atoms with Crippen LogP contribution in [0.4, 0.5) is 0 Å². The normalized spacial score (nSPS) is 18.9. The van der Waals surface area contributed by atoms with Crippen LogP contribution in [0, 0.1) is 5.92 Å². The Kier molecular flexibility index (Phi) is 3.14. The molecule has 3 rings (SSSR count). The zero-order chi connectivity index (χ0) is 14.1. The summed E-state index contributed by atoms with van der Waals surface area (Å²) in [6.07, 6.45) is 4.51. The molecular weight excluding hydrogens is 258 g/mol. The molecule has 1 unspecified atom stereocenters. The summed E-state index contributed by atoms with van der Waals surface area (Å²) in [5, 5.41) is 8.95. The van der Waals surface area contributed by atoms with Gasteiger partial charge in [0.1, 0.15) is 5.65 Å². The smallest absolute Gasteiger partial charge is 0.308 e. The van der Waals surface area contributed by atoms with E-state index in [0.717, 1.165) is 11.3 Å². The van der Waals surface area contributed by atoms with Gasteiger partial charge in [0.15, 0.2) is 0 Å². The number of aliphatic carboxylic acids is 1. The Bertz CT molecular complexity index is 664. The van der Waals surface area contributed by atoms with Crippen molar-refractivity contribution in [2.75, 3.05) is 13.1 Å². The fraction of sp³-hybridized carbons (Fsp3) is 0.357. The summed E-state index contributed by atoms with van der Waals surface area (Å²) in [7, 11) is 0. The first-order valence-electron chi connectivity index (χ1n) is 6.56. The summed E-state index contributed by atoms with van der Waals surface area (Å²) in [6, 6.07) is 5.78. The molecule has 104 valence electrons. The third-order valence-electron chi connectivity index (χ3n) is 3.70. The van der Waals surface area contributed by atoms with E-state index in [2.05, 4.69) is 4.98 Å². The monoisotopic (exact) mass is 273 g/mol. The number of aromatic nitrogens is 2. The van der Waals surface area contributed by atoms with Crippen LogP contribution in [-0.2, 0) is 16.0 Å². The van der Waals surface area contributed by atoms with Crippen molar-refractivity contribution in [3.05, 3.63) is 36.3 Å². The molecule has 3 heterocycles. The largest absolute Gasteiger partial charge is 0.481 e. The molecule has 1 N–H and O–H groups in total. The Labute approximate surface area is 115 Å². The number of carboxylic acid groups (broad SMARTS) is 1. The van der Waals surface area contributed by atoms with Gasteiger partial charge in [-0.05, 0) is 12.1 Å². The topological polar surface area (TPSA) is 74.9 Å². The summed E-state index contributed by atoms with van der Waals surface area (Å²) in [4.78, 5) is 28.6. The Morgan fingerprint density at radius 1 is 1.45 bits per heavy atom. The lowest BCUT2D eigenvalue weighted by atomic mass is 10.1. The van der Waals surface area contributed by atoms with Gasteiger partial charge in [-0.3, -0.25) is 9.59 Å². The maximum Gasteiger partial charge on any atom is 0.308 e. The van der Waals surface area contributed by atoms with Crippen molar-refractivity contribution >= 4 is 17.5 Å². The summed E-state index contributed by atoms with van der Waals surface area (Å²) in [5.74, 6) is -1.54.